The molecule has 2 rings (SSSR count). The third-order valence-electron chi connectivity index (χ3n) is 3.41. The van der Waals surface area contributed by atoms with Gasteiger partial charge in [-0.25, -0.2) is 0 Å². The molecule has 4 heteroatoms. The van der Waals surface area contributed by atoms with E-state index in [0.29, 0.717) is 10.9 Å². The topological polar surface area (TPSA) is 35.2 Å². The monoisotopic (exact) mass is 327 g/mol. The Kier molecular flexibility index (Phi) is 5.01. The van der Waals surface area contributed by atoms with Crippen LogP contribution in [-0.4, -0.2) is 11.6 Å². The maximum Gasteiger partial charge on any atom is 0.129 e. The van der Waals surface area contributed by atoms with Crippen LogP contribution >= 0.6 is 28.1 Å². The van der Waals surface area contributed by atoms with Crippen molar-refractivity contribution in [1.29, 1.82) is 0 Å². The predicted molar refractivity (Wildman–Crippen MR) is 82.1 cm³/mol. The Morgan fingerprint density at radius 2 is 2.06 bits per heavy atom. The number of benzene rings is 1. The van der Waals surface area contributed by atoms with E-state index in [2.05, 4.69) is 15.9 Å². The zero-order valence-corrected chi connectivity index (χ0v) is 12.7. The Labute approximate surface area is 122 Å². The fraction of sp³-hybridized carbons (Fsp3) is 0.500. The standard InChI is InChI=1S/C14H18BrNOS/c15-11-6-7-13(12(8-11)14(16)18)17-9-10-4-2-1-3-5-10/h6-8,10H,1-5,9H2,(H2,16,18). The maximum absolute atomic E-state index is 5.90. The molecule has 0 heterocycles. The van der Waals surface area contributed by atoms with Crippen molar-refractivity contribution in [2.75, 3.05) is 6.61 Å². The first kappa shape index (κ1) is 13.8. The average molecular weight is 328 g/mol. The zero-order valence-electron chi connectivity index (χ0n) is 10.3. The second kappa shape index (κ2) is 6.53. The zero-order chi connectivity index (χ0) is 13.0. The Morgan fingerprint density at radius 3 is 2.72 bits per heavy atom. The molecule has 0 spiro atoms. The highest BCUT2D eigenvalue weighted by Crippen LogP contribution is 2.27. The van der Waals surface area contributed by atoms with Crippen molar-refractivity contribution < 1.29 is 4.74 Å². The largest absolute Gasteiger partial charge is 0.493 e. The van der Waals surface area contributed by atoms with Gasteiger partial charge in [0.05, 0.1) is 12.2 Å². The van der Waals surface area contributed by atoms with Crippen molar-refractivity contribution in [3.63, 3.8) is 0 Å². The van der Waals surface area contributed by atoms with Gasteiger partial charge in [-0.15, -0.1) is 0 Å². The quantitative estimate of drug-likeness (QED) is 0.847. The summed E-state index contributed by atoms with van der Waals surface area (Å²) in [7, 11) is 0. The van der Waals surface area contributed by atoms with E-state index < -0.39 is 0 Å². The van der Waals surface area contributed by atoms with Crippen LogP contribution in [0.5, 0.6) is 5.75 Å². The van der Waals surface area contributed by atoms with Gasteiger partial charge in [-0.05, 0) is 37.0 Å². The fourth-order valence-corrected chi connectivity index (χ4v) is 2.90. The Balaban J connectivity index is 2.01. The van der Waals surface area contributed by atoms with Crippen LogP contribution in [0.2, 0.25) is 0 Å². The van der Waals surface area contributed by atoms with Crippen molar-refractivity contribution >= 4 is 33.1 Å². The van der Waals surface area contributed by atoms with Gasteiger partial charge in [-0.2, -0.15) is 0 Å². The summed E-state index contributed by atoms with van der Waals surface area (Å²) < 4.78 is 6.87. The van der Waals surface area contributed by atoms with Crippen molar-refractivity contribution in [2.24, 2.45) is 11.7 Å². The van der Waals surface area contributed by atoms with Crippen LogP contribution in [-0.2, 0) is 0 Å². The van der Waals surface area contributed by atoms with Crippen LogP contribution < -0.4 is 10.5 Å². The molecule has 0 aliphatic heterocycles. The van der Waals surface area contributed by atoms with Crippen molar-refractivity contribution in [1.82, 2.24) is 0 Å². The summed E-state index contributed by atoms with van der Waals surface area (Å²) in [6, 6.07) is 5.80. The molecule has 2 N–H and O–H groups in total. The molecule has 0 unspecified atom stereocenters. The van der Waals surface area contributed by atoms with Crippen LogP contribution in [0.25, 0.3) is 0 Å². The molecule has 0 aromatic heterocycles. The lowest BCUT2D eigenvalue weighted by atomic mass is 9.90. The lowest BCUT2D eigenvalue weighted by Gasteiger charge is -2.22. The minimum atomic E-state index is 0.384. The lowest BCUT2D eigenvalue weighted by molar-refractivity contribution is 0.208. The summed E-state index contributed by atoms with van der Waals surface area (Å²) in [4.78, 5) is 0.384. The maximum atomic E-state index is 5.90. The van der Waals surface area contributed by atoms with E-state index in [1.807, 2.05) is 18.2 Å². The molecular formula is C14H18BrNOS. The number of halogens is 1. The number of hydrogen-bond donors (Lipinski definition) is 1. The molecule has 0 atom stereocenters. The molecule has 18 heavy (non-hydrogen) atoms. The molecule has 1 fully saturated rings. The van der Waals surface area contributed by atoms with E-state index in [-0.39, 0.29) is 0 Å². The Bertz CT molecular complexity index is 430. The average Bonchev–Trinajstić information content (AvgIpc) is 2.38. The van der Waals surface area contributed by atoms with Gasteiger partial charge in [0.25, 0.3) is 0 Å². The Morgan fingerprint density at radius 1 is 1.33 bits per heavy atom. The number of rotatable bonds is 4. The molecule has 1 aromatic rings. The fourth-order valence-electron chi connectivity index (χ4n) is 2.38. The third-order valence-corrected chi connectivity index (χ3v) is 4.12. The molecular weight excluding hydrogens is 310 g/mol. The minimum Gasteiger partial charge on any atom is -0.493 e. The lowest BCUT2D eigenvalue weighted by Crippen LogP contribution is -2.17. The normalized spacial score (nSPS) is 16.5. The second-order valence-electron chi connectivity index (χ2n) is 4.82. The number of hydrogen-bond acceptors (Lipinski definition) is 2. The van der Waals surface area contributed by atoms with Crippen molar-refractivity contribution in [3.8, 4) is 5.75 Å². The van der Waals surface area contributed by atoms with Gasteiger partial charge in [0.15, 0.2) is 0 Å². The summed E-state index contributed by atoms with van der Waals surface area (Å²) in [6.07, 6.45) is 6.58. The smallest absolute Gasteiger partial charge is 0.129 e. The molecule has 98 valence electrons. The molecule has 1 aliphatic rings. The van der Waals surface area contributed by atoms with E-state index in [1.54, 1.807) is 0 Å². The third kappa shape index (κ3) is 3.69. The SMILES string of the molecule is NC(=S)c1cc(Br)ccc1OCC1CCCCC1. The van der Waals surface area contributed by atoms with Gasteiger partial charge in [0.2, 0.25) is 0 Å². The molecule has 1 saturated carbocycles. The van der Waals surface area contributed by atoms with Crippen LogP contribution in [0.4, 0.5) is 0 Å². The molecule has 0 bridgehead atoms. The minimum absolute atomic E-state index is 0.384. The Hall–Kier alpha value is -0.610. The first-order chi connectivity index (χ1) is 8.66. The number of ether oxygens (including phenoxy) is 1. The first-order valence-corrected chi connectivity index (χ1v) is 7.59. The highest BCUT2D eigenvalue weighted by molar-refractivity contribution is 9.10. The molecule has 0 amide bonds. The van der Waals surface area contributed by atoms with Crippen molar-refractivity contribution in [3.05, 3.63) is 28.2 Å². The first-order valence-electron chi connectivity index (χ1n) is 6.39. The highest BCUT2D eigenvalue weighted by Gasteiger charge is 2.15. The van der Waals surface area contributed by atoms with E-state index in [1.165, 1.54) is 32.1 Å². The number of thiocarbonyl (C=S) groups is 1. The van der Waals surface area contributed by atoms with Crippen LogP contribution in [0.1, 0.15) is 37.7 Å². The number of nitrogens with two attached hydrogens (primary N) is 1. The molecule has 1 aromatic carbocycles. The van der Waals surface area contributed by atoms with Gasteiger partial charge in [-0.3, -0.25) is 0 Å². The van der Waals surface area contributed by atoms with Crippen LogP contribution in [0.3, 0.4) is 0 Å². The van der Waals surface area contributed by atoms with Crippen LogP contribution in [0.15, 0.2) is 22.7 Å². The van der Waals surface area contributed by atoms with E-state index >= 15 is 0 Å². The summed E-state index contributed by atoms with van der Waals surface area (Å²) in [6.45, 7) is 0.775. The van der Waals surface area contributed by atoms with E-state index in [4.69, 9.17) is 22.7 Å². The van der Waals surface area contributed by atoms with Gasteiger partial charge >= 0.3 is 0 Å². The van der Waals surface area contributed by atoms with Gasteiger partial charge in [0.1, 0.15) is 10.7 Å². The summed E-state index contributed by atoms with van der Waals surface area (Å²) in [5.41, 5.74) is 6.54. The molecule has 1 aliphatic carbocycles. The van der Waals surface area contributed by atoms with E-state index in [9.17, 15) is 0 Å². The predicted octanol–water partition coefficient (Wildman–Crippen LogP) is 4.04. The van der Waals surface area contributed by atoms with Gasteiger partial charge < -0.3 is 10.5 Å². The molecule has 2 nitrogen and oxygen atoms in total. The van der Waals surface area contributed by atoms with Crippen LogP contribution in [0, 0.1) is 5.92 Å². The molecule has 0 saturated heterocycles. The van der Waals surface area contributed by atoms with Gasteiger partial charge in [-0.1, -0.05) is 47.4 Å². The van der Waals surface area contributed by atoms with Crippen molar-refractivity contribution in [2.45, 2.75) is 32.1 Å². The van der Waals surface area contributed by atoms with E-state index in [0.717, 1.165) is 22.4 Å². The summed E-state index contributed by atoms with van der Waals surface area (Å²) in [5.74, 6) is 1.48. The summed E-state index contributed by atoms with van der Waals surface area (Å²) in [5, 5.41) is 0. The second-order valence-corrected chi connectivity index (χ2v) is 6.18. The summed E-state index contributed by atoms with van der Waals surface area (Å²) >= 11 is 8.48. The highest BCUT2D eigenvalue weighted by atomic mass is 79.9. The van der Waals surface area contributed by atoms with Gasteiger partial charge in [0, 0.05) is 4.47 Å². The molecule has 0 radical (unpaired) electrons.